The van der Waals surface area contributed by atoms with Gasteiger partial charge >= 0.3 is 7.82 Å². The smallest absolute Gasteiger partial charge is 0.395 e. The van der Waals surface area contributed by atoms with Gasteiger partial charge in [-0.1, -0.05) is 42.5 Å². The zero-order valence-electron chi connectivity index (χ0n) is 15.7. The molecule has 8 nitrogen and oxygen atoms in total. The van der Waals surface area contributed by atoms with Gasteiger partial charge in [-0.3, -0.25) is 19.8 Å². The normalized spacial score (nSPS) is 12.6. The minimum Gasteiger partial charge on any atom is -0.395 e. The van der Waals surface area contributed by atoms with Gasteiger partial charge in [-0.05, 0) is 36.2 Å². The van der Waals surface area contributed by atoms with Gasteiger partial charge in [-0.2, -0.15) is 0 Å². The summed E-state index contributed by atoms with van der Waals surface area (Å²) >= 11 is 0. The number of nitrogens with zero attached hydrogens (tertiary/aromatic N) is 1. The lowest BCUT2D eigenvalue weighted by Crippen LogP contribution is -2.01. The Bertz CT molecular complexity index is 1070. The fourth-order valence-corrected chi connectivity index (χ4v) is 3.47. The number of nitro groups is 1. The number of carbonyl (C=O) groups is 1. The first-order valence-electron chi connectivity index (χ1n) is 8.96. The summed E-state index contributed by atoms with van der Waals surface area (Å²) < 4.78 is 22.1. The van der Waals surface area contributed by atoms with E-state index in [9.17, 15) is 24.4 Å². The number of rotatable bonds is 9. The molecule has 9 heteroatoms. The lowest BCUT2D eigenvalue weighted by Gasteiger charge is -2.14. The van der Waals surface area contributed by atoms with Crippen molar-refractivity contribution >= 4 is 19.3 Å². The molecule has 0 aliphatic carbocycles. The lowest BCUT2D eigenvalue weighted by molar-refractivity contribution is -0.384. The van der Waals surface area contributed by atoms with E-state index in [4.69, 9.17) is 9.05 Å². The summed E-state index contributed by atoms with van der Waals surface area (Å²) in [5, 5.41) is 10.6. The van der Waals surface area contributed by atoms with Crippen LogP contribution in [0.1, 0.15) is 22.3 Å². The molecule has 0 fully saturated rings. The van der Waals surface area contributed by atoms with Crippen LogP contribution in [0, 0.1) is 10.1 Å². The average molecular weight is 427 g/mol. The van der Waals surface area contributed by atoms with E-state index >= 15 is 0 Å². The Hall–Kier alpha value is -3.48. The third-order valence-corrected chi connectivity index (χ3v) is 5.03. The summed E-state index contributed by atoms with van der Waals surface area (Å²) in [6.07, 6.45) is 0.857. The van der Waals surface area contributed by atoms with Gasteiger partial charge in [-0.25, -0.2) is 4.57 Å². The molecule has 3 aromatic carbocycles. The summed E-state index contributed by atoms with van der Waals surface area (Å²) in [5.41, 5.74) is 1.36. The maximum absolute atomic E-state index is 12.2. The van der Waals surface area contributed by atoms with Gasteiger partial charge in [0.15, 0.2) is 5.78 Å². The van der Waals surface area contributed by atoms with Gasteiger partial charge in [0.05, 0.1) is 4.92 Å². The molecule has 0 amide bonds. The number of Topliss-reactive ketones (excluding diaryl/α,β-unsaturated/α-hetero) is 1. The second-order valence-electron chi connectivity index (χ2n) is 6.34. The Balaban J connectivity index is 1.55. The van der Waals surface area contributed by atoms with Gasteiger partial charge in [0.2, 0.25) is 0 Å². The highest BCUT2D eigenvalue weighted by Gasteiger charge is 2.25. The number of benzene rings is 3. The fourth-order valence-electron chi connectivity index (χ4n) is 2.66. The lowest BCUT2D eigenvalue weighted by atomic mass is 10.0. The molecule has 0 radical (unpaired) electrons. The van der Waals surface area contributed by atoms with E-state index < -0.39 is 12.7 Å². The van der Waals surface area contributed by atoms with Crippen LogP contribution in [-0.2, 0) is 11.0 Å². The molecule has 0 aromatic heterocycles. The summed E-state index contributed by atoms with van der Waals surface area (Å²) in [6, 6.07) is 20.1. The number of non-ortho nitro benzene ring substituents is 1. The van der Waals surface area contributed by atoms with Crippen LogP contribution in [0.25, 0.3) is 0 Å². The fraction of sp³-hybridized carbons (Fsp3) is 0.0952. The summed E-state index contributed by atoms with van der Waals surface area (Å²) in [6.45, 7) is 0. The topological polar surface area (TPSA) is 116 Å². The molecule has 1 atom stereocenters. The molecule has 154 valence electrons. The van der Waals surface area contributed by atoms with Gasteiger partial charge in [-0.15, -0.1) is 0 Å². The molecule has 0 aliphatic heterocycles. The number of aryl methyl sites for hydroxylation is 1. The molecule has 3 rings (SSSR count). The predicted octanol–water partition coefficient (Wildman–Crippen LogP) is 4.97. The van der Waals surface area contributed by atoms with Gasteiger partial charge in [0, 0.05) is 24.1 Å². The molecule has 0 bridgehead atoms. The number of nitro benzene ring substituents is 1. The third-order valence-electron chi connectivity index (χ3n) is 4.15. The Morgan fingerprint density at radius 1 is 0.900 bits per heavy atom. The van der Waals surface area contributed by atoms with Crippen molar-refractivity contribution in [2.75, 3.05) is 0 Å². The second kappa shape index (κ2) is 9.35. The quantitative estimate of drug-likeness (QED) is 0.222. The monoisotopic (exact) mass is 427 g/mol. The number of carbonyl (C=O) groups excluding carboxylic acids is 1. The number of hydrogen-bond acceptors (Lipinski definition) is 6. The van der Waals surface area contributed by atoms with Crippen molar-refractivity contribution in [1.29, 1.82) is 0 Å². The number of phosphoric ester groups is 1. The average Bonchev–Trinajstić information content (AvgIpc) is 2.73. The Morgan fingerprint density at radius 2 is 1.43 bits per heavy atom. The molecule has 0 spiro atoms. The Labute approximate surface area is 172 Å². The molecule has 0 aliphatic rings. The van der Waals surface area contributed by atoms with Gasteiger partial charge in [0.25, 0.3) is 5.69 Å². The Kier molecular flexibility index (Phi) is 6.61. The van der Waals surface area contributed by atoms with E-state index in [1.54, 1.807) is 24.3 Å². The largest absolute Gasteiger partial charge is 0.584 e. The number of ketones is 1. The summed E-state index contributed by atoms with van der Waals surface area (Å²) in [5.74, 6) is 0.107. The maximum Gasteiger partial charge on any atom is 0.584 e. The maximum atomic E-state index is 12.2. The number of phosphoric acid groups is 1. The molecular weight excluding hydrogens is 409 g/mol. The minimum absolute atomic E-state index is 0.0345. The van der Waals surface area contributed by atoms with Crippen molar-refractivity contribution < 1.29 is 28.2 Å². The molecule has 1 unspecified atom stereocenters. The van der Waals surface area contributed by atoms with Gasteiger partial charge in [0.1, 0.15) is 11.5 Å². The van der Waals surface area contributed by atoms with E-state index in [0.29, 0.717) is 18.4 Å². The van der Waals surface area contributed by atoms with E-state index in [1.165, 1.54) is 24.3 Å². The van der Waals surface area contributed by atoms with Crippen LogP contribution in [0.4, 0.5) is 5.69 Å². The first-order valence-corrected chi connectivity index (χ1v) is 10.5. The predicted molar refractivity (Wildman–Crippen MR) is 110 cm³/mol. The summed E-state index contributed by atoms with van der Waals surface area (Å²) in [4.78, 5) is 32.1. The summed E-state index contributed by atoms with van der Waals surface area (Å²) in [7, 11) is -4.49. The van der Waals surface area contributed by atoms with Crippen molar-refractivity contribution in [1.82, 2.24) is 0 Å². The van der Waals surface area contributed by atoms with Crippen LogP contribution in [0.15, 0.2) is 78.9 Å². The zero-order valence-corrected chi connectivity index (χ0v) is 16.6. The molecule has 0 saturated carbocycles. The Morgan fingerprint density at radius 3 is 1.97 bits per heavy atom. The molecule has 0 heterocycles. The zero-order chi connectivity index (χ0) is 21.6. The molecular formula is C21H18NO7P. The standard InChI is InChI=1S/C21H18NO7P/c23-21(17-4-2-1-3-5-17)15-8-16-6-11-19(12-7-16)28-30(26,27)29-20-13-9-18(10-14-20)22(24)25/h1-7,9-14H,8,15H2,(H,26,27). The van der Waals surface area contributed by atoms with E-state index in [1.807, 2.05) is 18.2 Å². The highest BCUT2D eigenvalue weighted by molar-refractivity contribution is 7.48. The van der Waals surface area contributed by atoms with Crippen LogP contribution in [-0.4, -0.2) is 15.6 Å². The first-order chi connectivity index (χ1) is 14.3. The van der Waals surface area contributed by atoms with Crippen LogP contribution >= 0.6 is 7.82 Å². The second-order valence-corrected chi connectivity index (χ2v) is 7.64. The SMILES string of the molecule is O=C(CCc1ccc(OP(=O)(O)Oc2ccc([N+](=O)[O-])cc2)cc1)c1ccccc1. The minimum atomic E-state index is -4.49. The molecule has 0 saturated heterocycles. The molecule has 1 N–H and O–H groups in total. The van der Waals surface area contributed by atoms with E-state index in [2.05, 4.69) is 0 Å². The van der Waals surface area contributed by atoms with Crippen LogP contribution in [0.2, 0.25) is 0 Å². The van der Waals surface area contributed by atoms with Crippen molar-refractivity contribution in [3.05, 3.63) is 100 Å². The highest BCUT2D eigenvalue weighted by Crippen LogP contribution is 2.44. The molecule has 30 heavy (non-hydrogen) atoms. The van der Waals surface area contributed by atoms with Crippen molar-refractivity contribution in [3.63, 3.8) is 0 Å². The number of hydrogen-bond donors (Lipinski definition) is 1. The van der Waals surface area contributed by atoms with Crippen LogP contribution in [0.5, 0.6) is 11.5 Å². The van der Waals surface area contributed by atoms with Gasteiger partial charge < -0.3 is 9.05 Å². The molecule has 3 aromatic rings. The van der Waals surface area contributed by atoms with Crippen molar-refractivity contribution in [2.24, 2.45) is 0 Å². The van der Waals surface area contributed by atoms with Crippen molar-refractivity contribution in [2.45, 2.75) is 12.8 Å². The van der Waals surface area contributed by atoms with E-state index in [-0.39, 0.29) is 23.0 Å². The third kappa shape index (κ3) is 6.01. The van der Waals surface area contributed by atoms with E-state index in [0.717, 1.165) is 17.7 Å². The highest BCUT2D eigenvalue weighted by atomic mass is 31.2. The first kappa shape index (κ1) is 21.2. The van der Waals surface area contributed by atoms with Crippen LogP contribution in [0.3, 0.4) is 0 Å². The van der Waals surface area contributed by atoms with Crippen molar-refractivity contribution in [3.8, 4) is 11.5 Å². The van der Waals surface area contributed by atoms with Crippen LogP contribution < -0.4 is 9.05 Å².